The molecule has 0 bridgehead atoms. The zero-order chi connectivity index (χ0) is 16.8. The molecule has 6 nitrogen and oxygen atoms in total. The fourth-order valence-corrected chi connectivity index (χ4v) is 2.61. The van der Waals surface area contributed by atoms with Crippen molar-refractivity contribution < 1.29 is 28.7 Å². The third-order valence-electron chi connectivity index (χ3n) is 3.68. The second kappa shape index (κ2) is 4.89. The Balaban J connectivity index is 1.84. The number of fused-ring (bicyclic) bond motifs is 2. The minimum atomic E-state index is -0.757. The zero-order valence-electron chi connectivity index (χ0n) is 11.9. The van der Waals surface area contributed by atoms with Crippen molar-refractivity contribution in [2.24, 2.45) is 0 Å². The minimum Gasteiger partial charge on any atom is -0.386 e. The topological polar surface area (TPSA) is 86.7 Å². The van der Waals surface area contributed by atoms with Crippen LogP contribution in [0.15, 0.2) is 36.4 Å². The van der Waals surface area contributed by atoms with Gasteiger partial charge in [0.05, 0.1) is 22.3 Å². The third-order valence-corrected chi connectivity index (χ3v) is 3.68. The van der Waals surface area contributed by atoms with Crippen molar-refractivity contribution >= 4 is 23.9 Å². The van der Waals surface area contributed by atoms with Crippen LogP contribution in [0, 0.1) is 11.8 Å². The molecule has 2 aromatic carbocycles. The zero-order valence-corrected chi connectivity index (χ0v) is 11.9. The number of carbonyl (C=O) groups is 4. The van der Waals surface area contributed by atoms with Crippen molar-refractivity contribution in [2.45, 2.75) is 0 Å². The van der Waals surface area contributed by atoms with E-state index in [1.165, 1.54) is 12.1 Å². The van der Waals surface area contributed by atoms with Gasteiger partial charge in [0, 0.05) is 11.1 Å². The van der Waals surface area contributed by atoms with E-state index in [-0.39, 0.29) is 22.3 Å². The lowest BCUT2D eigenvalue weighted by molar-refractivity contribution is 0.0425. The lowest BCUT2D eigenvalue weighted by Gasteiger charge is -1.98. The van der Waals surface area contributed by atoms with Gasteiger partial charge < -0.3 is 9.47 Å². The van der Waals surface area contributed by atoms with Crippen LogP contribution in [0.2, 0.25) is 0 Å². The summed E-state index contributed by atoms with van der Waals surface area (Å²) in [5.41, 5.74) is 1.11. The lowest BCUT2D eigenvalue weighted by atomic mass is 10.0. The minimum absolute atomic E-state index is 0.0984. The Bertz CT molecular complexity index is 954. The molecule has 2 aliphatic rings. The van der Waals surface area contributed by atoms with Crippen LogP contribution in [-0.2, 0) is 9.47 Å². The highest BCUT2D eigenvalue weighted by Gasteiger charge is 2.33. The van der Waals surface area contributed by atoms with Crippen LogP contribution in [0.1, 0.15) is 52.6 Å². The number of esters is 4. The molecule has 0 fully saturated rings. The molecule has 0 aromatic heterocycles. The van der Waals surface area contributed by atoms with Gasteiger partial charge in [-0.3, -0.25) is 0 Å². The number of ether oxygens (including phenoxy) is 2. The molecule has 0 unspecified atom stereocenters. The third kappa shape index (κ3) is 1.92. The molecule has 4 rings (SSSR count). The van der Waals surface area contributed by atoms with Crippen LogP contribution in [0.4, 0.5) is 0 Å². The predicted octanol–water partition coefficient (Wildman–Crippen LogP) is 1.71. The molecule has 24 heavy (non-hydrogen) atoms. The van der Waals surface area contributed by atoms with Crippen molar-refractivity contribution in [3.05, 3.63) is 69.8 Å². The summed E-state index contributed by atoms with van der Waals surface area (Å²) in [6.07, 6.45) is 0. The fourth-order valence-electron chi connectivity index (χ4n) is 2.61. The SMILES string of the molecule is O=C1OC(=O)c2c(C#Cc3cccc4c3C(=O)OC4=O)cccc21. The molecule has 0 atom stereocenters. The molecule has 2 aromatic rings. The van der Waals surface area contributed by atoms with Gasteiger partial charge in [-0.2, -0.15) is 0 Å². The van der Waals surface area contributed by atoms with Crippen molar-refractivity contribution in [1.29, 1.82) is 0 Å². The fraction of sp³-hybridized carbons (Fsp3) is 0. The van der Waals surface area contributed by atoms with Gasteiger partial charge in [-0.1, -0.05) is 24.0 Å². The Hall–Kier alpha value is -3.72. The highest BCUT2D eigenvalue weighted by Crippen LogP contribution is 2.25. The predicted molar refractivity (Wildman–Crippen MR) is 78.4 cm³/mol. The van der Waals surface area contributed by atoms with E-state index in [2.05, 4.69) is 21.3 Å². The average Bonchev–Trinajstić information content (AvgIpc) is 3.03. The van der Waals surface area contributed by atoms with E-state index >= 15 is 0 Å². The number of carbonyl (C=O) groups excluding carboxylic acids is 4. The Kier molecular flexibility index (Phi) is 2.84. The molecule has 114 valence electrons. The number of rotatable bonds is 0. The van der Waals surface area contributed by atoms with E-state index in [9.17, 15) is 19.2 Å². The van der Waals surface area contributed by atoms with Gasteiger partial charge in [0.15, 0.2) is 0 Å². The molecule has 0 radical (unpaired) electrons. The van der Waals surface area contributed by atoms with Gasteiger partial charge in [0.25, 0.3) is 0 Å². The van der Waals surface area contributed by atoms with Crippen LogP contribution in [0.3, 0.4) is 0 Å². The van der Waals surface area contributed by atoms with Crippen molar-refractivity contribution in [1.82, 2.24) is 0 Å². The summed E-state index contributed by atoms with van der Waals surface area (Å²) in [6, 6.07) is 9.25. The molecule has 2 heterocycles. The summed E-state index contributed by atoms with van der Waals surface area (Å²) >= 11 is 0. The highest BCUT2D eigenvalue weighted by atomic mass is 16.6. The van der Waals surface area contributed by atoms with Gasteiger partial charge in [-0.05, 0) is 24.3 Å². The number of benzene rings is 2. The van der Waals surface area contributed by atoms with Crippen LogP contribution < -0.4 is 0 Å². The standard InChI is InChI=1S/C18H6O6/c19-15-11-5-1-3-9(13(11)17(21)23-15)7-8-10-4-2-6-12-14(10)18(22)24-16(12)20/h1-6H. The Labute approximate surface area is 135 Å². The maximum atomic E-state index is 11.8. The maximum Gasteiger partial charge on any atom is 0.348 e. The smallest absolute Gasteiger partial charge is 0.348 e. The molecule has 0 spiro atoms. The van der Waals surface area contributed by atoms with E-state index < -0.39 is 23.9 Å². The second-order valence-corrected chi connectivity index (χ2v) is 5.06. The van der Waals surface area contributed by atoms with Gasteiger partial charge in [0.1, 0.15) is 0 Å². The monoisotopic (exact) mass is 318 g/mol. The normalized spacial score (nSPS) is 14.5. The summed E-state index contributed by atoms with van der Waals surface area (Å²) in [6.45, 7) is 0. The summed E-state index contributed by atoms with van der Waals surface area (Å²) in [5.74, 6) is 2.57. The first kappa shape index (κ1) is 13.9. The van der Waals surface area contributed by atoms with Gasteiger partial charge >= 0.3 is 23.9 Å². The number of hydrogen-bond donors (Lipinski definition) is 0. The highest BCUT2D eigenvalue weighted by molar-refractivity contribution is 6.17. The second-order valence-electron chi connectivity index (χ2n) is 5.06. The van der Waals surface area contributed by atoms with E-state index in [0.717, 1.165) is 0 Å². The average molecular weight is 318 g/mol. The Morgan fingerprint density at radius 1 is 0.583 bits per heavy atom. The summed E-state index contributed by atoms with van der Waals surface area (Å²) < 4.78 is 9.13. The summed E-state index contributed by atoms with van der Waals surface area (Å²) in [5, 5.41) is 0. The van der Waals surface area contributed by atoms with Gasteiger partial charge in [-0.15, -0.1) is 0 Å². The van der Waals surface area contributed by atoms with Crippen molar-refractivity contribution in [3.63, 3.8) is 0 Å². The first-order valence-corrected chi connectivity index (χ1v) is 6.87. The van der Waals surface area contributed by atoms with Crippen molar-refractivity contribution in [2.75, 3.05) is 0 Å². The van der Waals surface area contributed by atoms with Crippen LogP contribution >= 0.6 is 0 Å². The lowest BCUT2D eigenvalue weighted by Crippen LogP contribution is -1.99. The van der Waals surface area contributed by atoms with Gasteiger partial charge in [0.2, 0.25) is 0 Å². The van der Waals surface area contributed by atoms with Crippen LogP contribution in [-0.4, -0.2) is 23.9 Å². The summed E-state index contributed by atoms with van der Waals surface area (Å²) in [7, 11) is 0. The summed E-state index contributed by atoms with van der Waals surface area (Å²) in [4.78, 5) is 46.6. The van der Waals surface area contributed by atoms with E-state index in [0.29, 0.717) is 11.1 Å². The van der Waals surface area contributed by atoms with Crippen LogP contribution in [0.25, 0.3) is 0 Å². The molecule has 0 aliphatic carbocycles. The molecule has 0 amide bonds. The molecule has 0 N–H and O–H groups in total. The molecule has 6 heteroatoms. The molecule has 0 saturated heterocycles. The molecule has 0 saturated carbocycles. The van der Waals surface area contributed by atoms with E-state index in [1.54, 1.807) is 24.3 Å². The molecular formula is C18H6O6. The number of cyclic esters (lactones) is 4. The first-order valence-electron chi connectivity index (χ1n) is 6.87. The van der Waals surface area contributed by atoms with Crippen LogP contribution in [0.5, 0.6) is 0 Å². The maximum absolute atomic E-state index is 11.8. The molecule has 2 aliphatic heterocycles. The van der Waals surface area contributed by atoms with E-state index in [4.69, 9.17) is 0 Å². The number of hydrogen-bond acceptors (Lipinski definition) is 6. The Morgan fingerprint density at radius 2 is 1.00 bits per heavy atom. The van der Waals surface area contributed by atoms with Gasteiger partial charge in [-0.25, -0.2) is 19.2 Å². The van der Waals surface area contributed by atoms with Crippen molar-refractivity contribution in [3.8, 4) is 11.8 Å². The van der Waals surface area contributed by atoms with E-state index in [1.807, 2.05) is 0 Å². The quantitative estimate of drug-likeness (QED) is 0.417. The molecular weight excluding hydrogens is 312 g/mol. The first-order chi connectivity index (χ1) is 11.6. The Morgan fingerprint density at radius 3 is 1.42 bits per heavy atom. The largest absolute Gasteiger partial charge is 0.386 e.